The van der Waals surface area contributed by atoms with Crippen LogP contribution in [0.4, 0.5) is 5.69 Å². The number of aryl methyl sites for hydroxylation is 1. The molecule has 1 unspecified atom stereocenters. The van der Waals surface area contributed by atoms with Crippen molar-refractivity contribution in [3.63, 3.8) is 0 Å². The third-order valence-electron chi connectivity index (χ3n) is 10.2. The van der Waals surface area contributed by atoms with E-state index in [1.165, 1.54) is 5.56 Å². The molecule has 1 amide bonds. The molecule has 3 aromatic carbocycles. The summed E-state index contributed by atoms with van der Waals surface area (Å²) in [7, 11) is 1.71. The van der Waals surface area contributed by atoms with Gasteiger partial charge in [-0.25, -0.2) is 0 Å². The zero-order valence-corrected chi connectivity index (χ0v) is 32.2. The molecule has 4 N–H and O–H groups in total. The Morgan fingerprint density at radius 3 is 2.15 bits per heavy atom. The minimum absolute atomic E-state index is 0.0785. The van der Waals surface area contributed by atoms with Crippen molar-refractivity contribution in [3.8, 4) is 17.2 Å². The van der Waals surface area contributed by atoms with Gasteiger partial charge in [0.1, 0.15) is 36.0 Å². The van der Waals surface area contributed by atoms with Gasteiger partial charge in [-0.2, -0.15) is 0 Å². The fourth-order valence-electron chi connectivity index (χ4n) is 6.78. The van der Waals surface area contributed by atoms with Crippen LogP contribution in [0.3, 0.4) is 0 Å². The Labute approximate surface area is 314 Å². The van der Waals surface area contributed by atoms with E-state index in [0.717, 1.165) is 54.2 Å². The van der Waals surface area contributed by atoms with Crippen LogP contribution in [0.1, 0.15) is 63.6 Å². The summed E-state index contributed by atoms with van der Waals surface area (Å²) >= 11 is 0. The van der Waals surface area contributed by atoms with Gasteiger partial charge in [-0.1, -0.05) is 65.0 Å². The van der Waals surface area contributed by atoms with Crippen molar-refractivity contribution in [2.75, 3.05) is 51.4 Å². The first kappa shape index (κ1) is 40.0. The molecule has 1 saturated heterocycles. The summed E-state index contributed by atoms with van der Waals surface area (Å²) in [5.41, 5.74) is 16.8. The molecule has 3 aromatic rings. The van der Waals surface area contributed by atoms with Gasteiger partial charge >= 0.3 is 5.97 Å². The number of nitrogens with zero attached hydrogens (tertiary/aromatic N) is 2. The number of methoxy groups -OCH3 is 1. The zero-order valence-electron chi connectivity index (χ0n) is 32.2. The van der Waals surface area contributed by atoms with E-state index < -0.39 is 36.2 Å². The lowest BCUT2D eigenvalue weighted by Gasteiger charge is -2.44. The highest BCUT2D eigenvalue weighted by molar-refractivity contribution is 5.82. The summed E-state index contributed by atoms with van der Waals surface area (Å²) in [4.78, 5) is 31.2. The van der Waals surface area contributed by atoms with Crippen molar-refractivity contribution in [1.29, 1.82) is 0 Å². The molecule has 0 radical (unpaired) electrons. The number of carbonyl (C=O) groups is 2. The van der Waals surface area contributed by atoms with Crippen LogP contribution in [-0.2, 0) is 36.8 Å². The maximum atomic E-state index is 13.8. The second kappa shape index (κ2) is 18.7. The molecule has 288 valence electrons. The fourth-order valence-corrected chi connectivity index (χ4v) is 6.78. The monoisotopic (exact) mass is 730 g/mol. The van der Waals surface area contributed by atoms with Gasteiger partial charge in [0.05, 0.1) is 43.4 Å². The molecular weight excluding hydrogens is 672 g/mol. The third-order valence-corrected chi connectivity index (χ3v) is 10.2. The van der Waals surface area contributed by atoms with Gasteiger partial charge in [-0.15, -0.1) is 0 Å². The average molecular weight is 731 g/mol. The number of piperidine rings is 1. The molecule has 1 fully saturated rings. The van der Waals surface area contributed by atoms with Gasteiger partial charge in [0.15, 0.2) is 0 Å². The number of nitrogens with two attached hydrogens (primary N) is 2. The molecule has 0 aromatic heterocycles. The molecule has 2 aliphatic rings. The second-order valence-electron chi connectivity index (χ2n) is 14.8. The summed E-state index contributed by atoms with van der Waals surface area (Å²) in [6, 6.07) is 20.4. The maximum Gasteiger partial charge on any atom is 0.323 e. The van der Waals surface area contributed by atoms with Gasteiger partial charge in [0.2, 0.25) is 5.91 Å². The number of rotatable bonds is 16. The van der Waals surface area contributed by atoms with Gasteiger partial charge in [0, 0.05) is 26.8 Å². The second-order valence-corrected chi connectivity index (χ2v) is 14.8. The Morgan fingerprint density at radius 2 is 1.51 bits per heavy atom. The van der Waals surface area contributed by atoms with E-state index in [4.69, 9.17) is 35.2 Å². The van der Waals surface area contributed by atoms with E-state index >= 15 is 0 Å². The van der Waals surface area contributed by atoms with Crippen molar-refractivity contribution in [2.45, 2.75) is 84.3 Å². The molecule has 0 aliphatic carbocycles. The van der Waals surface area contributed by atoms with Gasteiger partial charge in [-0.3, -0.25) is 9.59 Å². The molecule has 2 aliphatic heterocycles. The van der Waals surface area contributed by atoms with Crippen molar-refractivity contribution < 1.29 is 33.3 Å². The summed E-state index contributed by atoms with van der Waals surface area (Å²) in [6.07, 6.45) is 0.571. The number of hydrogen-bond donors (Lipinski definition) is 2. The number of hydrogen-bond acceptors (Lipinski definition) is 10. The van der Waals surface area contributed by atoms with E-state index in [9.17, 15) is 9.59 Å². The number of anilines is 1. The Morgan fingerprint density at radius 1 is 0.868 bits per heavy atom. The highest BCUT2D eigenvalue weighted by Gasteiger charge is 2.44. The Kier molecular flexibility index (Phi) is 14.2. The molecule has 0 spiro atoms. The quantitative estimate of drug-likeness (QED) is 0.140. The number of esters is 1. The Hall–Kier alpha value is -4.16. The van der Waals surface area contributed by atoms with Gasteiger partial charge < -0.3 is 45.0 Å². The number of fused-ring (bicyclic) bond motifs is 1. The van der Waals surface area contributed by atoms with Crippen LogP contribution in [0.15, 0.2) is 66.7 Å². The topological polar surface area (TPSA) is 139 Å². The first-order valence-corrected chi connectivity index (χ1v) is 19.0. The smallest absolute Gasteiger partial charge is 0.323 e. The molecular formula is C42H58N4O7. The maximum absolute atomic E-state index is 13.8. The van der Waals surface area contributed by atoms with E-state index in [0.29, 0.717) is 19.0 Å². The van der Waals surface area contributed by atoms with Gasteiger partial charge in [-0.05, 0) is 77.8 Å². The predicted octanol–water partition coefficient (Wildman–Crippen LogP) is 5.67. The van der Waals surface area contributed by atoms with Crippen LogP contribution in [-0.4, -0.2) is 87.6 Å². The number of benzene rings is 3. The Balaban J connectivity index is 1.45. The predicted molar refractivity (Wildman–Crippen MR) is 206 cm³/mol. The molecule has 2 heterocycles. The van der Waals surface area contributed by atoms with Crippen LogP contribution >= 0.6 is 0 Å². The number of carbonyl (C=O) groups excluding carboxylic acids is 2. The summed E-state index contributed by atoms with van der Waals surface area (Å²) in [5, 5.41) is 0. The number of likely N-dealkylation sites (tertiary alicyclic amines) is 1. The fraction of sp³-hybridized carbons (Fsp3) is 0.524. The highest BCUT2D eigenvalue weighted by Crippen LogP contribution is 2.37. The normalized spacial score (nSPS) is 19.8. The SMILES string of the molecule is CCc1ccc(Oc2ccc(C3[C@@H](OCc4ccc5c(c4)N(CCCOC)CCO5)CN(C(=O)[C@@H](N)C(C)C)C[C@H]3OC(=O)[C@@H](N)C(C)C)cc2)cc1. The lowest BCUT2D eigenvalue weighted by Crippen LogP contribution is -2.59. The highest BCUT2D eigenvalue weighted by atomic mass is 16.6. The zero-order chi connectivity index (χ0) is 38.1. The van der Waals surface area contributed by atoms with Crippen LogP contribution in [0.25, 0.3) is 0 Å². The molecule has 0 saturated carbocycles. The lowest BCUT2D eigenvalue weighted by atomic mass is 9.83. The third kappa shape index (κ3) is 10.3. The molecule has 53 heavy (non-hydrogen) atoms. The molecule has 11 heteroatoms. The van der Waals surface area contributed by atoms with Crippen molar-refractivity contribution in [3.05, 3.63) is 83.4 Å². The van der Waals surface area contributed by atoms with Gasteiger partial charge in [0.25, 0.3) is 0 Å². The van der Waals surface area contributed by atoms with E-state index in [-0.39, 0.29) is 37.4 Å². The minimum atomic E-state index is -0.821. The van der Waals surface area contributed by atoms with Crippen LogP contribution < -0.4 is 25.8 Å². The molecule has 0 bridgehead atoms. The van der Waals surface area contributed by atoms with Crippen LogP contribution in [0, 0.1) is 11.8 Å². The minimum Gasteiger partial charge on any atom is -0.490 e. The van der Waals surface area contributed by atoms with E-state index in [1.54, 1.807) is 12.0 Å². The van der Waals surface area contributed by atoms with Crippen LogP contribution in [0.5, 0.6) is 17.2 Å². The van der Waals surface area contributed by atoms with E-state index in [2.05, 4.69) is 30.0 Å². The lowest BCUT2D eigenvalue weighted by molar-refractivity contribution is -0.166. The molecule has 5 atom stereocenters. The molecule has 5 rings (SSSR count). The summed E-state index contributed by atoms with van der Waals surface area (Å²) < 4.78 is 30.4. The standard InChI is InChI=1S/C42H58N4O7/c1-7-29-9-14-32(15-10-29)52-33-16-12-31(13-17-33)38-36(51-26-30-11-18-35-34(23-30)45(20-22-50-35)19-8-21-49-6)24-46(41(47)39(43)27(2)3)25-37(38)53-42(48)40(44)28(4)5/h9-18,23,27-28,36-40H,7-8,19-22,24-26,43-44H2,1-6H3/t36-,37+,38?,39-,40-/m0/s1. The number of ether oxygens (including phenoxy) is 5. The summed E-state index contributed by atoms with van der Waals surface area (Å²) in [6.45, 7) is 13.4. The van der Waals surface area contributed by atoms with Crippen LogP contribution in [0.2, 0.25) is 0 Å². The first-order chi connectivity index (χ1) is 25.5. The number of amides is 1. The molecule has 11 nitrogen and oxygen atoms in total. The van der Waals surface area contributed by atoms with Crippen molar-refractivity contribution >= 4 is 17.6 Å². The first-order valence-electron chi connectivity index (χ1n) is 19.0. The largest absolute Gasteiger partial charge is 0.490 e. The summed E-state index contributed by atoms with van der Waals surface area (Å²) in [5.74, 6) is 0.899. The van der Waals surface area contributed by atoms with E-state index in [1.807, 2.05) is 76.2 Å². The Bertz CT molecular complexity index is 1630. The van der Waals surface area contributed by atoms with Crippen molar-refractivity contribution in [1.82, 2.24) is 4.90 Å². The van der Waals surface area contributed by atoms with Crippen molar-refractivity contribution in [2.24, 2.45) is 23.3 Å². The average Bonchev–Trinajstić information content (AvgIpc) is 3.16.